The molecule has 0 amide bonds. The van der Waals surface area contributed by atoms with E-state index in [0.717, 1.165) is 27.9 Å². The summed E-state index contributed by atoms with van der Waals surface area (Å²) in [6, 6.07) is 14.4. The quantitative estimate of drug-likeness (QED) is 0.259. The number of primary sulfonamides is 1. The van der Waals surface area contributed by atoms with Crippen molar-refractivity contribution in [3.8, 4) is 0 Å². The molecular weight excluding hydrogens is 503 g/mol. The second kappa shape index (κ2) is 10.1. The van der Waals surface area contributed by atoms with Crippen LogP contribution in [-0.4, -0.2) is 20.9 Å². The number of sulfonamides is 1. The van der Waals surface area contributed by atoms with Crippen molar-refractivity contribution in [3.05, 3.63) is 65.4 Å². The average Bonchev–Trinajstić information content (AvgIpc) is 3.00. The van der Waals surface area contributed by atoms with Crippen LogP contribution in [0.25, 0.3) is 11.0 Å². The van der Waals surface area contributed by atoms with Gasteiger partial charge in [0.1, 0.15) is 11.3 Å². The van der Waals surface area contributed by atoms with Gasteiger partial charge in [-0.15, -0.1) is 24.0 Å². The van der Waals surface area contributed by atoms with Crippen molar-refractivity contribution >= 4 is 50.9 Å². The molecule has 0 aliphatic carbocycles. The Bertz CT molecular complexity index is 1110. The van der Waals surface area contributed by atoms with Crippen LogP contribution in [0.15, 0.2) is 62.8 Å². The molecule has 0 aliphatic heterocycles. The zero-order chi connectivity index (χ0) is 20.1. The highest BCUT2D eigenvalue weighted by Crippen LogP contribution is 2.24. The molecule has 156 valence electrons. The van der Waals surface area contributed by atoms with Crippen LogP contribution in [0.2, 0.25) is 0 Å². The van der Waals surface area contributed by atoms with Crippen LogP contribution in [0.3, 0.4) is 0 Å². The number of hydrogen-bond donors (Lipinski definition) is 3. The van der Waals surface area contributed by atoms with Gasteiger partial charge in [0, 0.05) is 17.5 Å². The van der Waals surface area contributed by atoms with Gasteiger partial charge in [-0.2, -0.15) is 0 Å². The Morgan fingerprint density at radius 3 is 2.59 bits per heavy atom. The smallest absolute Gasteiger partial charge is 0.238 e. The summed E-state index contributed by atoms with van der Waals surface area (Å²) < 4.78 is 28.9. The molecule has 0 bridgehead atoms. The fraction of sp³-hybridized carbons (Fsp3) is 0.250. The van der Waals surface area contributed by atoms with Crippen molar-refractivity contribution in [1.82, 2.24) is 10.6 Å². The number of hydrogen-bond acceptors (Lipinski definition) is 4. The molecular formula is C20H25IN4O3S. The van der Waals surface area contributed by atoms with Gasteiger partial charge in [0.25, 0.3) is 0 Å². The summed E-state index contributed by atoms with van der Waals surface area (Å²) in [7, 11) is -3.73. The van der Waals surface area contributed by atoms with E-state index in [2.05, 4.69) is 15.6 Å². The molecule has 0 spiro atoms. The number of rotatable bonds is 6. The van der Waals surface area contributed by atoms with E-state index in [1.165, 1.54) is 12.1 Å². The molecule has 0 saturated heterocycles. The first-order chi connectivity index (χ1) is 13.4. The number of nitrogens with one attached hydrogen (secondary N) is 2. The van der Waals surface area contributed by atoms with E-state index in [-0.39, 0.29) is 28.9 Å². The molecule has 3 rings (SSSR count). The SMILES string of the molecule is CCNC(=NCc1cccc(S(N)(=O)=O)c1)NCc1oc2ccccc2c1C.I. The zero-order valence-electron chi connectivity index (χ0n) is 16.3. The Kier molecular flexibility index (Phi) is 8.05. The monoisotopic (exact) mass is 528 g/mol. The summed E-state index contributed by atoms with van der Waals surface area (Å²) in [5.41, 5.74) is 2.71. The fourth-order valence-corrected chi connectivity index (χ4v) is 3.47. The number of para-hydroxylation sites is 1. The Morgan fingerprint density at radius 1 is 1.14 bits per heavy atom. The molecule has 9 heteroatoms. The van der Waals surface area contributed by atoms with Crippen molar-refractivity contribution in [2.75, 3.05) is 6.54 Å². The van der Waals surface area contributed by atoms with Crippen molar-refractivity contribution < 1.29 is 12.8 Å². The number of guanidine groups is 1. The van der Waals surface area contributed by atoms with Crippen molar-refractivity contribution in [3.63, 3.8) is 0 Å². The van der Waals surface area contributed by atoms with Gasteiger partial charge >= 0.3 is 0 Å². The van der Waals surface area contributed by atoms with Crippen molar-refractivity contribution in [2.45, 2.75) is 31.8 Å². The fourth-order valence-electron chi connectivity index (χ4n) is 2.89. The maximum atomic E-state index is 11.5. The first-order valence-electron chi connectivity index (χ1n) is 8.99. The molecule has 1 aromatic heterocycles. The lowest BCUT2D eigenvalue weighted by molar-refractivity contribution is 0.534. The summed E-state index contributed by atoms with van der Waals surface area (Å²) >= 11 is 0. The summed E-state index contributed by atoms with van der Waals surface area (Å²) in [6.07, 6.45) is 0. The van der Waals surface area contributed by atoms with E-state index in [4.69, 9.17) is 9.56 Å². The van der Waals surface area contributed by atoms with E-state index in [9.17, 15) is 8.42 Å². The zero-order valence-corrected chi connectivity index (χ0v) is 19.5. The maximum Gasteiger partial charge on any atom is 0.238 e. The van der Waals surface area contributed by atoms with Gasteiger partial charge in [-0.05, 0) is 37.6 Å². The van der Waals surface area contributed by atoms with E-state index in [0.29, 0.717) is 25.6 Å². The normalized spacial score (nSPS) is 11.9. The number of aryl methyl sites for hydroxylation is 1. The van der Waals surface area contributed by atoms with E-state index in [1.807, 2.05) is 44.2 Å². The summed E-state index contributed by atoms with van der Waals surface area (Å²) in [5, 5.41) is 12.7. The van der Waals surface area contributed by atoms with Gasteiger partial charge in [0.15, 0.2) is 5.96 Å². The third-order valence-corrected chi connectivity index (χ3v) is 5.26. The third kappa shape index (κ3) is 5.94. The van der Waals surface area contributed by atoms with Crippen LogP contribution in [0, 0.1) is 6.92 Å². The standard InChI is InChI=1S/C20H24N4O3S.HI/c1-3-22-20(23-12-15-7-6-8-16(11-15)28(21,25)26)24-13-19-14(2)17-9-4-5-10-18(17)27-19;/h4-11H,3,12-13H2,1-2H3,(H2,21,25,26)(H2,22,23,24);1H. The Morgan fingerprint density at radius 2 is 1.90 bits per heavy atom. The number of nitrogens with zero attached hydrogens (tertiary/aromatic N) is 1. The molecule has 0 radical (unpaired) electrons. The molecule has 4 N–H and O–H groups in total. The molecule has 2 aromatic carbocycles. The molecule has 0 atom stereocenters. The first kappa shape index (κ1) is 23.2. The van der Waals surface area contributed by atoms with E-state index in [1.54, 1.807) is 6.07 Å². The van der Waals surface area contributed by atoms with Crippen LogP contribution in [0.1, 0.15) is 23.8 Å². The molecule has 7 nitrogen and oxygen atoms in total. The molecule has 0 aliphatic rings. The Labute approximate surface area is 187 Å². The van der Waals surface area contributed by atoms with Gasteiger partial charge < -0.3 is 15.1 Å². The van der Waals surface area contributed by atoms with E-state index >= 15 is 0 Å². The second-order valence-electron chi connectivity index (χ2n) is 6.39. The lowest BCUT2D eigenvalue weighted by atomic mass is 10.1. The highest BCUT2D eigenvalue weighted by atomic mass is 127. The first-order valence-corrected chi connectivity index (χ1v) is 10.5. The minimum atomic E-state index is -3.73. The number of furan rings is 1. The van der Waals surface area contributed by atoms with Gasteiger partial charge in [-0.25, -0.2) is 18.5 Å². The number of halogens is 1. The highest BCUT2D eigenvalue weighted by molar-refractivity contribution is 14.0. The van der Waals surface area contributed by atoms with Crippen LogP contribution in [0.5, 0.6) is 0 Å². The molecule has 0 fully saturated rings. The molecule has 0 saturated carbocycles. The van der Waals surface area contributed by atoms with Gasteiger partial charge in [-0.1, -0.05) is 30.3 Å². The topological polar surface area (TPSA) is 110 Å². The predicted octanol–water partition coefficient (Wildman–Crippen LogP) is 3.26. The van der Waals surface area contributed by atoms with Crippen LogP contribution in [0.4, 0.5) is 0 Å². The van der Waals surface area contributed by atoms with Crippen LogP contribution in [-0.2, 0) is 23.1 Å². The Balaban J connectivity index is 0.00000300. The van der Waals surface area contributed by atoms with Crippen molar-refractivity contribution in [2.24, 2.45) is 10.1 Å². The van der Waals surface area contributed by atoms with Crippen LogP contribution >= 0.6 is 24.0 Å². The maximum absolute atomic E-state index is 11.5. The van der Waals surface area contributed by atoms with E-state index < -0.39 is 10.0 Å². The minimum Gasteiger partial charge on any atom is -0.459 e. The second-order valence-corrected chi connectivity index (χ2v) is 7.95. The summed E-state index contributed by atoms with van der Waals surface area (Å²) in [6.45, 7) is 5.51. The molecule has 0 unspecified atom stereocenters. The lowest BCUT2D eigenvalue weighted by Crippen LogP contribution is -2.36. The Hall–Kier alpha value is -2.11. The predicted molar refractivity (Wildman–Crippen MR) is 126 cm³/mol. The summed E-state index contributed by atoms with van der Waals surface area (Å²) in [5.74, 6) is 1.46. The lowest BCUT2D eigenvalue weighted by Gasteiger charge is -2.11. The molecule has 1 heterocycles. The van der Waals surface area contributed by atoms with Gasteiger partial charge in [-0.3, -0.25) is 0 Å². The van der Waals surface area contributed by atoms with Crippen LogP contribution < -0.4 is 15.8 Å². The van der Waals surface area contributed by atoms with Crippen molar-refractivity contribution in [1.29, 1.82) is 0 Å². The number of fused-ring (bicyclic) bond motifs is 1. The van der Waals surface area contributed by atoms with Gasteiger partial charge in [0.05, 0.1) is 18.0 Å². The summed E-state index contributed by atoms with van der Waals surface area (Å²) in [4.78, 5) is 4.60. The minimum absolute atomic E-state index is 0. The third-order valence-electron chi connectivity index (χ3n) is 4.35. The number of aliphatic imine (C=N–C) groups is 1. The largest absolute Gasteiger partial charge is 0.459 e. The molecule has 3 aromatic rings. The number of nitrogens with two attached hydrogens (primary N) is 1. The molecule has 29 heavy (non-hydrogen) atoms. The van der Waals surface area contributed by atoms with Gasteiger partial charge in [0.2, 0.25) is 10.0 Å². The highest BCUT2D eigenvalue weighted by Gasteiger charge is 2.11. The average molecular weight is 528 g/mol. The number of benzene rings is 2.